The van der Waals surface area contributed by atoms with E-state index < -0.39 is 51.3 Å². The molecular formula is C23H19BrF3NO6S. The van der Waals surface area contributed by atoms with Crippen LogP contribution in [0.3, 0.4) is 0 Å². The zero-order valence-electron chi connectivity index (χ0n) is 18.3. The van der Waals surface area contributed by atoms with Gasteiger partial charge >= 0.3 is 12.1 Å². The molecule has 3 aromatic carbocycles. The molecule has 0 bridgehead atoms. The summed E-state index contributed by atoms with van der Waals surface area (Å²) >= 11 is 3.19. The van der Waals surface area contributed by atoms with Crippen LogP contribution in [0.5, 0.6) is 5.75 Å². The Morgan fingerprint density at radius 1 is 1.03 bits per heavy atom. The highest BCUT2D eigenvalue weighted by Crippen LogP contribution is 2.41. The monoisotopic (exact) mass is 573 g/mol. The standard InChI is InChI=1S/C23H19BrF3NO6S/c1-12(2)34-22(31)19(21(30)23(25,26)27)17-11-18(15-5-3-4-6-16(15)20(17)29)28-35(32,33)14-9-7-13(24)8-10-14/h3-12,19,28-29H,1-2H3. The summed E-state index contributed by atoms with van der Waals surface area (Å²) in [4.78, 5) is 24.7. The molecule has 0 spiro atoms. The topological polar surface area (TPSA) is 110 Å². The number of Topliss-reactive ketones (excluding diaryl/α,β-unsaturated/α-hetero) is 1. The van der Waals surface area contributed by atoms with Gasteiger partial charge in [-0.05, 0) is 44.2 Å². The summed E-state index contributed by atoms with van der Waals surface area (Å²) in [5, 5.41) is 10.8. The molecule has 3 aromatic rings. The third-order valence-corrected chi connectivity index (χ3v) is 6.76. The van der Waals surface area contributed by atoms with Gasteiger partial charge in [0.05, 0.1) is 16.7 Å². The summed E-state index contributed by atoms with van der Waals surface area (Å²) in [6.07, 6.45) is -6.29. The normalized spacial score (nSPS) is 13.0. The molecule has 3 rings (SSSR count). The van der Waals surface area contributed by atoms with E-state index >= 15 is 0 Å². The van der Waals surface area contributed by atoms with E-state index in [1.54, 1.807) is 0 Å². The number of carbonyl (C=O) groups excluding carboxylic acids is 2. The summed E-state index contributed by atoms with van der Waals surface area (Å²) in [5.41, 5.74) is -0.987. The van der Waals surface area contributed by atoms with Crippen LogP contribution in [-0.4, -0.2) is 37.6 Å². The lowest BCUT2D eigenvalue weighted by atomic mass is 9.90. The van der Waals surface area contributed by atoms with E-state index in [1.165, 1.54) is 62.4 Å². The second-order valence-corrected chi connectivity index (χ2v) is 10.3. The molecule has 0 saturated heterocycles. The predicted octanol–water partition coefficient (Wildman–Crippen LogP) is 5.28. The van der Waals surface area contributed by atoms with Crippen molar-refractivity contribution in [2.24, 2.45) is 0 Å². The van der Waals surface area contributed by atoms with Gasteiger partial charge in [0.1, 0.15) is 5.75 Å². The van der Waals surface area contributed by atoms with Crippen molar-refractivity contribution in [3.8, 4) is 5.75 Å². The number of phenolic OH excluding ortho intramolecular Hbond substituents is 1. The smallest absolute Gasteiger partial charge is 0.451 e. The molecule has 0 aromatic heterocycles. The van der Waals surface area contributed by atoms with Crippen LogP contribution in [-0.2, 0) is 24.3 Å². The number of phenols is 1. The second kappa shape index (κ2) is 9.86. The molecule has 0 radical (unpaired) electrons. The maximum absolute atomic E-state index is 13.4. The first-order valence-corrected chi connectivity index (χ1v) is 12.3. The van der Waals surface area contributed by atoms with E-state index in [1.807, 2.05) is 0 Å². The quantitative estimate of drug-likeness (QED) is 0.226. The zero-order chi connectivity index (χ0) is 26.1. The van der Waals surface area contributed by atoms with Gasteiger partial charge in [-0.1, -0.05) is 40.2 Å². The number of nitrogens with one attached hydrogen (secondary N) is 1. The van der Waals surface area contributed by atoms with Gasteiger partial charge in [0.2, 0.25) is 0 Å². The Kier molecular flexibility index (Phi) is 7.46. The Balaban J connectivity index is 2.24. The van der Waals surface area contributed by atoms with E-state index in [-0.39, 0.29) is 21.4 Å². The highest BCUT2D eigenvalue weighted by molar-refractivity contribution is 9.10. The van der Waals surface area contributed by atoms with Crippen molar-refractivity contribution >= 4 is 54.2 Å². The lowest BCUT2D eigenvalue weighted by molar-refractivity contribution is -0.178. The first-order chi connectivity index (χ1) is 16.2. The van der Waals surface area contributed by atoms with Crippen molar-refractivity contribution in [3.05, 3.63) is 64.6 Å². The molecule has 35 heavy (non-hydrogen) atoms. The van der Waals surface area contributed by atoms with E-state index in [2.05, 4.69) is 20.7 Å². The van der Waals surface area contributed by atoms with Crippen molar-refractivity contribution in [2.75, 3.05) is 4.72 Å². The fourth-order valence-corrected chi connectivity index (χ4v) is 4.68. The van der Waals surface area contributed by atoms with Crippen LogP contribution in [0, 0.1) is 0 Å². The number of hydrogen-bond donors (Lipinski definition) is 2. The molecule has 0 amide bonds. The van der Waals surface area contributed by atoms with Crippen molar-refractivity contribution in [2.45, 2.75) is 36.9 Å². The summed E-state index contributed by atoms with van der Waals surface area (Å²) in [6.45, 7) is 2.76. The number of alkyl halides is 3. The third-order valence-electron chi connectivity index (χ3n) is 4.85. The summed E-state index contributed by atoms with van der Waals surface area (Å²) in [7, 11) is -4.24. The number of ketones is 1. The Morgan fingerprint density at radius 3 is 2.14 bits per heavy atom. The molecule has 1 unspecified atom stereocenters. The number of rotatable bonds is 7. The highest BCUT2D eigenvalue weighted by atomic mass is 79.9. The molecular weight excluding hydrogens is 555 g/mol. The minimum absolute atomic E-state index is 0.0733. The number of aromatic hydroxyl groups is 1. The molecule has 186 valence electrons. The molecule has 12 heteroatoms. The number of hydrogen-bond acceptors (Lipinski definition) is 6. The SMILES string of the molecule is CC(C)OC(=O)C(C(=O)C(F)(F)F)c1cc(NS(=O)(=O)c2ccc(Br)cc2)c2ccccc2c1O. The van der Waals surface area contributed by atoms with Gasteiger partial charge in [0, 0.05) is 20.8 Å². The maximum atomic E-state index is 13.4. The third kappa shape index (κ3) is 5.76. The highest BCUT2D eigenvalue weighted by Gasteiger charge is 2.49. The van der Waals surface area contributed by atoms with Crippen molar-refractivity contribution in [3.63, 3.8) is 0 Å². The minimum atomic E-state index is -5.43. The second-order valence-electron chi connectivity index (χ2n) is 7.75. The lowest BCUT2D eigenvalue weighted by Gasteiger charge is -2.21. The molecule has 0 aliphatic carbocycles. The average Bonchev–Trinajstić information content (AvgIpc) is 2.76. The Labute approximate surface area is 207 Å². The maximum Gasteiger partial charge on any atom is 0.451 e. The van der Waals surface area contributed by atoms with Crippen LogP contribution in [0.4, 0.5) is 18.9 Å². The van der Waals surface area contributed by atoms with Crippen LogP contribution in [0.15, 0.2) is 64.0 Å². The number of halogens is 4. The van der Waals surface area contributed by atoms with Gasteiger partial charge in [-0.25, -0.2) is 8.42 Å². The first-order valence-electron chi connectivity index (χ1n) is 10.1. The zero-order valence-corrected chi connectivity index (χ0v) is 20.7. The Bertz CT molecular complexity index is 1390. The molecule has 0 heterocycles. The lowest BCUT2D eigenvalue weighted by Crippen LogP contribution is -2.35. The van der Waals surface area contributed by atoms with Crippen LogP contribution < -0.4 is 4.72 Å². The van der Waals surface area contributed by atoms with Crippen molar-refractivity contribution in [1.29, 1.82) is 0 Å². The van der Waals surface area contributed by atoms with Crippen molar-refractivity contribution < 1.29 is 41.0 Å². The van der Waals surface area contributed by atoms with Crippen LogP contribution >= 0.6 is 15.9 Å². The van der Waals surface area contributed by atoms with Gasteiger partial charge in [-0.2, -0.15) is 13.2 Å². The largest absolute Gasteiger partial charge is 0.507 e. The Hall–Kier alpha value is -3.12. The van der Waals surface area contributed by atoms with Crippen LogP contribution in [0.2, 0.25) is 0 Å². The number of fused-ring (bicyclic) bond motifs is 1. The number of ether oxygens (including phenoxy) is 1. The number of benzene rings is 3. The summed E-state index contributed by atoms with van der Waals surface area (Å²) in [6, 6.07) is 12.1. The van der Waals surface area contributed by atoms with Gasteiger partial charge in [0.15, 0.2) is 5.92 Å². The summed E-state index contributed by atoms with van der Waals surface area (Å²) < 4.78 is 73.9. The average molecular weight is 574 g/mol. The van der Waals surface area contributed by atoms with Crippen molar-refractivity contribution in [1.82, 2.24) is 0 Å². The summed E-state index contributed by atoms with van der Waals surface area (Å²) in [5.74, 6) is -7.35. The fraction of sp³-hybridized carbons (Fsp3) is 0.217. The van der Waals surface area contributed by atoms with E-state index in [4.69, 9.17) is 4.74 Å². The molecule has 1 atom stereocenters. The van der Waals surface area contributed by atoms with Gasteiger partial charge in [0.25, 0.3) is 15.8 Å². The number of anilines is 1. The number of sulfonamides is 1. The van der Waals surface area contributed by atoms with Crippen LogP contribution in [0.25, 0.3) is 10.8 Å². The van der Waals surface area contributed by atoms with Gasteiger partial charge in [-0.3, -0.25) is 14.3 Å². The van der Waals surface area contributed by atoms with Crippen LogP contribution in [0.1, 0.15) is 25.3 Å². The predicted molar refractivity (Wildman–Crippen MR) is 126 cm³/mol. The van der Waals surface area contributed by atoms with E-state index in [0.29, 0.717) is 4.47 Å². The molecule has 7 nitrogen and oxygen atoms in total. The molecule has 0 saturated carbocycles. The minimum Gasteiger partial charge on any atom is -0.507 e. The molecule has 0 fully saturated rings. The molecule has 0 aliphatic heterocycles. The number of esters is 1. The molecule has 0 aliphatic rings. The van der Waals surface area contributed by atoms with E-state index in [9.17, 15) is 36.3 Å². The first kappa shape index (κ1) is 26.5. The Morgan fingerprint density at radius 2 is 1.60 bits per heavy atom. The molecule has 2 N–H and O–H groups in total. The van der Waals surface area contributed by atoms with Gasteiger partial charge < -0.3 is 9.84 Å². The van der Waals surface area contributed by atoms with E-state index in [0.717, 1.165) is 6.07 Å². The van der Waals surface area contributed by atoms with Gasteiger partial charge in [-0.15, -0.1) is 0 Å². The fourth-order valence-electron chi connectivity index (χ4n) is 3.34. The number of carbonyl (C=O) groups is 2.